The zero-order chi connectivity index (χ0) is 13.2. The van der Waals surface area contributed by atoms with Crippen molar-refractivity contribution in [2.75, 3.05) is 14.2 Å². The zero-order valence-corrected chi connectivity index (χ0v) is 11.8. The van der Waals surface area contributed by atoms with Crippen LogP contribution in [0.4, 0.5) is 0 Å². The number of benzene rings is 1. The third-order valence-corrected chi connectivity index (χ3v) is 2.82. The van der Waals surface area contributed by atoms with Gasteiger partial charge in [0.05, 0.1) is 14.2 Å². The van der Waals surface area contributed by atoms with Crippen LogP contribution in [0.15, 0.2) is 36.8 Å². The Bertz CT molecular complexity index is 686. The molecule has 0 amide bonds. The van der Waals surface area contributed by atoms with Crippen LogP contribution >= 0.6 is 12.4 Å². The van der Waals surface area contributed by atoms with Crippen molar-refractivity contribution in [2.24, 2.45) is 0 Å². The Balaban J connectivity index is 0.00000147. The summed E-state index contributed by atoms with van der Waals surface area (Å²) in [6.45, 7) is 0. The predicted octanol–water partition coefficient (Wildman–Crippen LogP) is 2.21. The molecule has 2 heterocycles. The van der Waals surface area contributed by atoms with E-state index in [-0.39, 0.29) is 12.4 Å². The predicted molar refractivity (Wildman–Crippen MR) is 76.1 cm³/mol. The zero-order valence-electron chi connectivity index (χ0n) is 11.0. The van der Waals surface area contributed by atoms with E-state index >= 15 is 0 Å². The second kappa shape index (κ2) is 5.75. The molecule has 1 aromatic carbocycles. The first-order valence-electron chi connectivity index (χ1n) is 5.70. The number of ether oxygens (including phenoxy) is 2. The Morgan fingerprint density at radius 1 is 1.05 bits per heavy atom. The summed E-state index contributed by atoms with van der Waals surface area (Å²) in [7, 11) is 3.23. The second-order valence-electron chi connectivity index (χ2n) is 3.88. The van der Waals surface area contributed by atoms with Gasteiger partial charge in [-0.25, -0.2) is 14.6 Å². The monoisotopic (exact) mass is 292 g/mol. The van der Waals surface area contributed by atoms with Gasteiger partial charge in [-0.2, -0.15) is 0 Å². The van der Waals surface area contributed by atoms with Crippen molar-refractivity contribution in [1.82, 2.24) is 19.7 Å². The van der Waals surface area contributed by atoms with Gasteiger partial charge in [-0.05, 0) is 18.2 Å². The maximum absolute atomic E-state index is 5.36. The molecule has 0 N–H and O–H groups in total. The molecule has 0 saturated carbocycles. The average Bonchev–Trinajstić information content (AvgIpc) is 2.93. The molecule has 0 unspecified atom stereocenters. The summed E-state index contributed by atoms with van der Waals surface area (Å²) < 4.78 is 12.2. The molecule has 1 aromatic rings. The molecule has 2 aliphatic heterocycles. The molecule has 0 fully saturated rings. The lowest BCUT2D eigenvalue weighted by Gasteiger charge is -2.12. The fraction of sp³-hybridized carbons (Fsp3) is 0.154. The van der Waals surface area contributed by atoms with Gasteiger partial charge in [-0.3, -0.25) is 0 Å². The molecule has 0 radical (unpaired) electrons. The van der Waals surface area contributed by atoms with Gasteiger partial charge >= 0.3 is 0 Å². The first kappa shape index (κ1) is 14.1. The van der Waals surface area contributed by atoms with Crippen LogP contribution < -0.4 is 9.47 Å². The van der Waals surface area contributed by atoms with Gasteiger partial charge in [0.2, 0.25) is 0 Å². The molecular weight excluding hydrogens is 280 g/mol. The minimum Gasteiger partial charge on any atom is -0.497 e. The van der Waals surface area contributed by atoms with Gasteiger partial charge in [-0.1, -0.05) is 0 Å². The Hall–Kier alpha value is -2.34. The standard InChI is InChI=1S/C13H12N4O2.ClH/c1-18-9-3-4-11(12(7-9)19-2)17-6-5-10-13(16-17)15-8-14-10;/h3-8H,1-2H3;1H. The van der Waals surface area contributed by atoms with Crippen molar-refractivity contribution in [1.29, 1.82) is 0 Å². The van der Waals surface area contributed by atoms with Crippen LogP contribution in [0.3, 0.4) is 0 Å². The highest BCUT2D eigenvalue weighted by Gasteiger charge is 2.11. The smallest absolute Gasteiger partial charge is 0.200 e. The van der Waals surface area contributed by atoms with Crippen molar-refractivity contribution >= 4 is 12.4 Å². The van der Waals surface area contributed by atoms with E-state index in [4.69, 9.17) is 9.47 Å². The van der Waals surface area contributed by atoms with E-state index in [1.165, 1.54) is 6.33 Å². The van der Waals surface area contributed by atoms with E-state index in [0.29, 0.717) is 11.6 Å². The summed E-state index contributed by atoms with van der Waals surface area (Å²) in [5.41, 5.74) is 1.58. The number of methoxy groups -OCH3 is 2. The van der Waals surface area contributed by atoms with Crippen LogP contribution in [-0.4, -0.2) is 34.0 Å². The molecule has 104 valence electrons. The Kier molecular flexibility index (Phi) is 4.05. The van der Waals surface area contributed by atoms with Gasteiger partial charge < -0.3 is 9.47 Å². The molecule has 0 aromatic heterocycles. The van der Waals surface area contributed by atoms with Gasteiger partial charge in [0.25, 0.3) is 0 Å². The minimum absolute atomic E-state index is 0. The third kappa shape index (κ3) is 2.37. The summed E-state index contributed by atoms with van der Waals surface area (Å²) in [6.07, 6.45) is 3.31. The Morgan fingerprint density at radius 2 is 1.90 bits per heavy atom. The third-order valence-electron chi connectivity index (χ3n) is 2.82. The lowest BCUT2D eigenvalue weighted by molar-refractivity contribution is 0.392. The molecule has 0 saturated heterocycles. The number of hydrogen-bond acceptors (Lipinski definition) is 5. The van der Waals surface area contributed by atoms with E-state index in [2.05, 4.69) is 15.1 Å². The SMILES string of the molecule is COc1ccc(-n2ccc3ncnc-3n2)c(OC)c1.Cl. The van der Waals surface area contributed by atoms with Crippen molar-refractivity contribution in [2.45, 2.75) is 0 Å². The normalized spacial score (nSPS) is 10.1. The first-order valence-corrected chi connectivity index (χ1v) is 5.70. The van der Waals surface area contributed by atoms with Gasteiger partial charge in [0.1, 0.15) is 29.2 Å². The molecule has 0 atom stereocenters. The number of halogens is 1. The fourth-order valence-electron chi connectivity index (χ4n) is 1.85. The summed E-state index contributed by atoms with van der Waals surface area (Å²) in [6, 6.07) is 7.41. The number of rotatable bonds is 3. The van der Waals surface area contributed by atoms with Crippen LogP contribution in [-0.2, 0) is 0 Å². The number of nitrogens with zero attached hydrogens (tertiary/aromatic N) is 4. The molecule has 0 aliphatic carbocycles. The van der Waals surface area contributed by atoms with Crippen molar-refractivity contribution < 1.29 is 9.47 Å². The molecule has 20 heavy (non-hydrogen) atoms. The van der Waals surface area contributed by atoms with Crippen LogP contribution in [0.25, 0.3) is 17.2 Å². The molecule has 6 nitrogen and oxygen atoms in total. The van der Waals surface area contributed by atoms with Crippen molar-refractivity contribution in [3.8, 4) is 28.7 Å². The lowest BCUT2D eigenvalue weighted by Crippen LogP contribution is -2.04. The highest BCUT2D eigenvalue weighted by molar-refractivity contribution is 5.85. The summed E-state index contributed by atoms with van der Waals surface area (Å²) in [4.78, 5) is 8.17. The molecule has 3 rings (SSSR count). The van der Waals surface area contributed by atoms with Gasteiger partial charge in [0, 0.05) is 12.3 Å². The number of imidazole rings is 1. The Labute approximate surface area is 122 Å². The topological polar surface area (TPSA) is 62.1 Å². The molecular formula is C13H13ClN4O2. The molecule has 0 spiro atoms. The maximum Gasteiger partial charge on any atom is 0.200 e. The molecule has 7 heteroatoms. The first-order chi connectivity index (χ1) is 9.31. The lowest BCUT2D eigenvalue weighted by atomic mass is 10.2. The molecule has 2 aliphatic rings. The van der Waals surface area contributed by atoms with Crippen LogP contribution in [0, 0.1) is 0 Å². The average molecular weight is 293 g/mol. The largest absolute Gasteiger partial charge is 0.497 e. The van der Waals surface area contributed by atoms with Crippen molar-refractivity contribution in [3.63, 3.8) is 0 Å². The summed E-state index contributed by atoms with van der Waals surface area (Å²) in [5.74, 6) is 2.01. The maximum atomic E-state index is 5.36. The highest BCUT2D eigenvalue weighted by Crippen LogP contribution is 2.27. The van der Waals surface area contributed by atoms with Gasteiger partial charge in [-0.15, -0.1) is 17.5 Å². The van der Waals surface area contributed by atoms with E-state index in [0.717, 1.165) is 17.1 Å². The Morgan fingerprint density at radius 3 is 2.65 bits per heavy atom. The van der Waals surface area contributed by atoms with Crippen LogP contribution in [0.1, 0.15) is 0 Å². The van der Waals surface area contributed by atoms with Crippen molar-refractivity contribution in [3.05, 3.63) is 36.8 Å². The van der Waals surface area contributed by atoms with E-state index < -0.39 is 0 Å². The number of hydrogen-bond donors (Lipinski definition) is 0. The van der Waals surface area contributed by atoms with Crippen LogP contribution in [0.5, 0.6) is 11.5 Å². The summed E-state index contributed by atoms with van der Waals surface area (Å²) in [5, 5.41) is 4.39. The number of fused-ring (bicyclic) bond motifs is 1. The second-order valence-corrected chi connectivity index (χ2v) is 3.88. The van der Waals surface area contributed by atoms with E-state index in [1.54, 1.807) is 18.9 Å². The molecule has 0 bridgehead atoms. The highest BCUT2D eigenvalue weighted by atomic mass is 35.5. The fourth-order valence-corrected chi connectivity index (χ4v) is 1.85. The summed E-state index contributed by atoms with van der Waals surface area (Å²) >= 11 is 0. The van der Waals surface area contributed by atoms with Gasteiger partial charge in [0.15, 0.2) is 5.82 Å². The number of aromatic nitrogens is 4. The van der Waals surface area contributed by atoms with Crippen LogP contribution in [0.2, 0.25) is 0 Å². The quantitative estimate of drug-likeness (QED) is 0.740. The minimum atomic E-state index is 0. The van der Waals surface area contributed by atoms with E-state index in [9.17, 15) is 0 Å². The van der Waals surface area contributed by atoms with E-state index in [1.807, 2.05) is 30.5 Å².